The maximum atomic E-state index is 4.82. The van der Waals surface area contributed by atoms with E-state index >= 15 is 0 Å². The summed E-state index contributed by atoms with van der Waals surface area (Å²) in [6.07, 6.45) is 8.69. The molecular formula is C17H21N3. The lowest BCUT2D eigenvalue weighted by Crippen LogP contribution is -2.14. The number of aryl methyl sites for hydroxylation is 1. The van der Waals surface area contributed by atoms with Crippen molar-refractivity contribution in [3.05, 3.63) is 47.0 Å². The molecule has 104 valence electrons. The predicted molar refractivity (Wildman–Crippen MR) is 78.8 cm³/mol. The molecule has 0 radical (unpaired) electrons. The number of aromatic amines is 1. The van der Waals surface area contributed by atoms with Gasteiger partial charge >= 0.3 is 0 Å². The van der Waals surface area contributed by atoms with Crippen molar-refractivity contribution in [1.29, 1.82) is 0 Å². The molecule has 0 amide bonds. The molecule has 3 heteroatoms. The first-order valence-corrected chi connectivity index (χ1v) is 7.89. The SMILES string of the molecule is c1ccc2c(c1)CCC(c1n[nH]c(C3CCCC3)n1)C2. The van der Waals surface area contributed by atoms with Gasteiger partial charge in [-0.25, -0.2) is 4.98 Å². The van der Waals surface area contributed by atoms with Crippen LogP contribution < -0.4 is 0 Å². The van der Waals surface area contributed by atoms with Crippen molar-refractivity contribution >= 4 is 0 Å². The Morgan fingerprint density at radius 3 is 2.60 bits per heavy atom. The minimum atomic E-state index is 0.497. The Kier molecular flexibility index (Phi) is 3.06. The summed E-state index contributed by atoms with van der Waals surface area (Å²) < 4.78 is 0. The summed E-state index contributed by atoms with van der Waals surface area (Å²) >= 11 is 0. The topological polar surface area (TPSA) is 41.6 Å². The van der Waals surface area contributed by atoms with Gasteiger partial charge in [-0.05, 0) is 43.2 Å². The molecule has 1 saturated carbocycles. The fourth-order valence-corrected chi connectivity index (χ4v) is 3.77. The quantitative estimate of drug-likeness (QED) is 0.900. The number of benzene rings is 1. The van der Waals surface area contributed by atoms with Crippen molar-refractivity contribution in [3.63, 3.8) is 0 Å². The van der Waals surface area contributed by atoms with Gasteiger partial charge in [-0.2, -0.15) is 5.10 Å². The van der Waals surface area contributed by atoms with Crippen LogP contribution in [0, 0.1) is 0 Å². The van der Waals surface area contributed by atoms with Crippen LogP contribution in [0.4, 0.5) is 0 Å². The van der Waals surface area contributed by atoms with Crippen LogP contribution in [0.15, 0.2) is 24.3 Å². The van der Waals surface area contributed by atoms with Gasteiger partial charge in [0.25, 0.3) is 0 Å². The van der Waals surface area contributed by atoms with Crippen LogP contribution in [0.1, 0.15) is 66.7 Å². The summed E-state index contributed by atoms with van der Waals surface area (Å²) in [5.41, 5.74) is 2.99. The third kappa shape index (κ3) is 2.15. The van der Waals surface area contributed by atoms with E-state index in [1.54, 1.807) is 0 Å². The summed E-state index contributed by atoms with van der Waals surface area (Å²) in [5, 5.41) is 7.73. The van der Waals surface area contributed by atoms with Crippen molar-refractivity contribution in [2.45, 2.75) is 56.8 Å². The Hall–Kier alpha value is -1.64. The van der Waals surface area contributed by atoms with Gasteiger partial charge in [0, 0.05) is 11.8 Å². The lowest BCUT2D eigenvalue weighted by Gasteiger charge is -2.22. The number of nitrogens with zero attached hydrogens (tertiary/aromatic N) is 2. The average molecular weight is 267 g/mol. The number of H-pyrrole nitrogens is 1. The van der Waals surface area contributed by atoms with E-state index in [1.807, 2.05) is 0 Å². The van der Waals surface area contributed by atoms with Gasteiger partial charge in [0.2, 0.25) is 0 Å². The molecule has 3 nitrogen and oxygen atoms in total. The zero-order chi connectivity index (χ0) is 13.4. The largest absolute Gasteiger partial charge is 0.263 e. The molecule has 1 fully saturated rings. The van der Waals surface area contributed by atoms with Crippen LogP contribution >= 0.6 is 0 Å². The maximum absolute atomic E-state index is 4.82. The van der Waals surface area contributed by atoms with Crippen LogP contribution in [-0.4, -0.2) is 15.2 Å². The molecule has 0 bridgehead atoms. The van der Waals surface area contributed by atoms with E-state index in [9.17, 15) is 0 Å². The van der Waals surface area contributed by atoms with Gasteiger partial charge in [0.05, 0.1) is 0 Å². The number of fused-ring (bicyclic) bond motifs is 1. The molecule has 1 unspecified atom stereocenters. The summed E-state index contributed by atoms with van der Waals surface area (Å²) in [4.78, 5) is 4.82. The molecule has 2 aliphatic rings. The van der Waals surface area contributed by atoms with Gasteiger partial charge in [-0.3, -0.25) is 5.10 Å². The Labute approximate surface area is 119 Å². The first kappa shape index (κ1) is 12.1. The Morgan fingerprint density at radius 1 is 0.950 bits per heavy atom. The minimum Gasteiger partial charge on any atom is -0.263 e. The summed E-state index contributed by atoms with van der Waals surface area (Å²) in [7, 11) is 0. The second-order valence-electron chi connectivity index (χ2n) is 6.27. The second kappa shape index (κ2) is 5.04. The van der Waals surface area contributed by atoms with Gasteiger partial charge in [0.15, 0.2) is 5.82 Å². The highest BCUT2D eigenvalue weighted by molar-refractivity contribution is 5.31. The standard InChI is InChI=1S/C17H21N3/c1-4-8-14-11-15(10-9-12(14)5-1)17-18-16(19-20-17)13-6-2-3-7-13/h1,4-5,8,13,15H,2-3,6-7,9-11H2,(H,18,19,20). The molecule has 1 aromatic carbocycles. The molecule has 20 heavy (non-hydrogen) atoms. The molecule has 1 atom stereocenters. The van der Waals surface area contributed by atoms with Crippen molar-refractivity contribution < 1.29 is 0 Å². The summed E-state index contributed by atoms with van der Waals surface area (Å²) in [5.74, 6) is 3.31. The van der Waals surface area contributed by atoms with Gasteiger partial charge < -0.3 is 0 Å². The number of aromatic nitrogens is 3. The van der Waals surface area contributed by atoms with Crippen LogP contribution in [0.5, 0.6) is 0 Å². The molecular weight excluding hydrogens is 246 g/mol. The molecule has 2 aliphatic carbocycles. The Balaban J connectivity index is 1.54. The molecule has 4 rings (SSSR count). The van der Waals surface area contributed by atoms with Crippen molar-refractivity contribution in [2.24, 2.45) is 0 Å². The van der Waals surface area contributed by atoms with Crippen LogP contribution in [0.2, 0.25) is 0 Å². The highest BCUT2D eigenvalue weighted by Gasteiger charge is 2.25. The van der Waals surface area contributed by atoms with E-state index in [-0.39, 0.29) is 0 Å². The molecule has 1 heterocycles. The van der Waals surface area contributed by atoms with E-state index in [4.69, 9.17) is 4.98 Å². The van der Waals surface area contributed by atoms with Crippen LogP contribution in [0.25, 0.3) is 0 Å². The van der Waals surface area contributed by atoms with E-state index in [0.29, 0.717) is 11.8 Å². The third-order valence-electron chi connectivity index (χ3n) is 4.97. The van der Waals surface area contributed by atoms with Crippen LogP contribution in [-0.2, 0) is 12.8 Å². The smallest absolute Gasteiger partial charge is 0.154 e. The number of hydrogen-bond donors (Lipinski definition) is 1. The van der Waals surface area contributed by atoms with E-state index < -0.39 is 0 Å². The van der Waals surface area contributed by atoms with Crippen molar-refractivity contribution in [1.82, 2.24) is 15.2 Å². The molecule has 2 aromatic rings. The monoisotopic (exact) mass is 267 g/mol. The van der Waals surface area contributed by atoms with E-state index in [1.165, 1.54) is 43.2 Å². The second-order valence-corrected chi connectivity index (χ2v) is 6.27. The third-order valence-corrected chi connectivity index (χ3v) is 4.97. The normalized spacial score (nSPS) is 22.9. The number of rotatable bonds is 2. The first-order chi connectivity index (χ1) is 9.90. The maximum Gasteiger partial charge on any atom is 0.154 e. The fraction of sp³-hybridized carbons (Fsp3) is 0.529. The van der Waals surface area contributed by atoms with Crippen molar-refractivity contribution in [3.8, 4) is 0 Å². The number of nitrogens with one attached hydrogen (secondary N) is 1. The lowest BCUT2D eigenvalue weighted by atomic mass is 9.83. The van der Waals surface area contributed by atoms with Gasteiger partial charge in [0.1, 0.15) is 5.82 Å². The van der Waals surface area contributed by atoms with E-state index in [2.05, 4.69) is 34.5 Å². The number of hydrogen-bond acceptors (Lipinski definition) is 2. The molecule has 0 spiro atoms. The summed E-state index contributed by atoms with van der Waals surface area (Å²) in [6.45, 7) is 0. The Bertz CT molecular complexity index is 596. The van der Waals surface area contributed by atoms with Gasteiger partial charge in [-0.1, -0.05) is 37.1 Å². The molecule has 1 N–H and O–H groups in total. The molecule has 0 saturated heterocycles. The molecule has 1 aromatic heterocycles. The summed E-state index contributed by atoms with van der Waals surface area (Å²) in [6, 6.07) is 8.80. The fourth-order valence-electron chi connectivity index (χ4n) is 3.77. The van der Waals surface area contributed by atoms with Crippen LogP contribution in [0.3, 0.4) is 0 Å². The van der Waals surface area contributed by atoms with Crippen molar-refractivity contribution in [2.75, 3.05) is 0 Å². The Morgan fingerprint density at radius 2 is 1.75 bits per heavy atom. The highest BCUT2D eigenvalue weighted by atomic mass is 15.2. The predicted octanol–water partition coefficient (Wildman–Crippen LogP) is 3.73. The molecule has 0 aliphatic heterocycles. The zero-order valence-electron chi connectivity index (χ0n) is 11.8. The average Bonchev–Trinajstić information content (AvgIpc) is 3.17. The minimum absolute atomic E-state index is 0.497. The lowest BCUT2D eigenvalue weighted by molar-refractivity contribution is 0.556. The zero-order valence-corrected chi connectivity index (χ0v) is 11.8. The highest BCUT2D eigenvalue weighted by Crippen LogP contribution is 2.34. The first-order valence-electron chi connectivity index (χ1n) is 7.89. The van der Waals surface area contributed by atoms with Gasteiger partial charge in [-0.15, -0.1) is 0 Å². The van der Waals surface area contributed by atoms with E-state index in [0.717, 1.165) is 24.5 Å².